The van der Waals surface area contributed by atoms with Gasteiger partial charge in [-0.1, -0.05) is 29.8 Å². The van der Waals surface area contributed by atoms with E-state index < -0.39 is 28.0 Å². The summed E-state index contributed by atoms with van der Waals surface area (Å²) in [6.45, 7) is 5.08. The summed E-state index contributed by atoms with van der Waals surface area (Å²) in [5, 5.41) is 5.81. The largest absolute Gasteiger partial charge is 0.347 e. The Balaban J connectivity index is 2.25. The van der Waals surface area contributed by atoms with E-state index in [2.05, 4.69) is 10.6 Å². The lowest BCUT2D eigenvalue weighted by Crippen LogP contribution is -2.41. The van der Waals surface area contributed by atoms with Gasteiger partial charge in [0.1, 0.15) is 6.54 Å². The van der Waals surface area contributed by atoms with Crippen LogP contribution in [0.3, 0.4) is 0 Å². The van der Waals surface area contributed by atoms with Crippen LogP contribution in [0.5, 0.6) is 0 Å². The Morgan fingerprint density at radius 2 is 1.72 bits per heavy atom. The van der Waals surface area contributed by atoms with Gasteiger partial charge in [-0.05, 0) is 51.1 Å². The second-order valence-corrected chi connectivity index (χ2v) is 9.89. The first-order chi connectivity index (χ1) is 13.4. The standard InChI is InChI=1S/C20H24ClN3O4S/c1-20(2,3)23-19(26)16-10-5-6-11-17(16)22-18(25)13-24(29(4,27)28)15-9-7-8-14(21)12-15/h5-12H,13H2,1-4H3,(H,22,25)(H,23,26). The highest BCUT2D eigenvalue weighted by Gasteiger charge is 2.23. The summed E-state index contributed by atoms with van der Waals surface area (Å²) >= 11 is 5.95. The monoisotopic (exact) mass is 437 g/mol. The van der Waals surface area contributed by atoms with E-state index in [1.165, 1.54) is 6.07 Å². The summed E-state index contributed by atoms with van der Waals surface area (Å²) in [6.07, 6.45) is 1.01. The molecular formula is C20H24ClN3O4S. The molecule has 0 aromatic heterocycles. The maximum absolute atomic E-state index is 12.6. The van der Waals surface area contributed by atoms with Gasteiger partial charge in [0.05, 0.1) is 23.2 Å². The van der Waals surface area contributed by atoms with Crippen LogP contribution in [0.4, 0.5) is 11.4 Å². The lowest BCUT2D eigenvalue weighted by molar-refractivity contribution is -0.114. The summed E-state index contributed by atoms with van der Waals surface area (Å²) in [5.74, 6) is -0.936. The van der Waals surface area contributed by atoms with Crippen LogP contribution in [0.15, 0.2) is 48.5 Å². The Morgan fingerprint density at radius 1 is 1.07 bits per heavy atom. The van der Waals surface area contributed by atoms with Crippen LogP contribution in [-0.2, 0) is 14.8 Å². The molecule has 2 amide bonds. The first-order valence-electron chi connectivity index (χ1n) is 8.81. The van der Waals surface area contributed by atoms with Crippen molar-refractivity contribution in [3.8, 4) is 0 Å². The van der Waals surface area contributed by atoms with E-state index in [0.717, 1.165) is 10.6 Å². The Hall–Kier alpha value is -2.58. The summed E-state index contributed by atoms with van der Waals surface area (Å²) < 4.78 is 25.4. The van der Waals surface area contributed by atoms with Crippen LogP contribution >= 0.6 is 11.6 Å². The molecule has 29 heavy (non-hydrogen) atoms. The third kappa shape index (κ3) is 6.76. The second-order valence-electron chi connectivity index (χ2n) is 7.55. The molecule has 7 nitrogen and oxygen atoms in total. The maximum Gasteiger partial charge on any atom is 0.253 e. The number of carbonyl (C=O) groups is 2. The van der Waals surface area contributed by atoms with Gasteiger partial charge in [0.15, 0.2) is 0 Å². The Kier molecular flexibility index (Phi) is 6.92. The van der Waals surface area contributed by atoms with Gasteiger partial charge in [-0.25, -0.2) is 8.42 Å². The molecule has 0 saturated carbocycles. The molecule has 0 radical (unpaired) electrons. The molecular weight excluding hydrogens is 414 g/mol. The van der Waals surface area contributed by atoms with Gasteiger partial charge in [0.2, 0.25) is 15.9 Å². The minimum absolute atomic E-state index is 0.272. The highest BCUT2D eigenvalue weighted by Crippen LogP contribution is 2.22. The Labute approximate surface area is 176 Å². The average Bonchev–Trinajstić information content (AvgIpc) is 2.57. The molecule has 0 saturated heterocycles. The van der Waals surface area contributed by atoms with E-state index in [4.69, 9.17) is 11.6 Å². The fourth-order valence-electron chi connectivity index (χ4n) is 2.55. The number of para-hydroxylation sites is 1. The Bertz CT molecular complexity index is 1020. The number of benzene rings is 2. The molecule has 0 aliphatic heterocycles. The van der Waals surface area contributed by atoms with Gasteiger partial charge in [-0.3, -0.25) is 13.9 Å². The van der Waals surface area contributed by atoms with Crippen molar-refractivity contribution in [2.24, 2.45) is 0 Å². The summed E-state index contributed by atoms with van der Waals surface area (Å²) in [7, 11) is -3.74. The van der Waals surface area contributed by atoms with E-state index in [0.29, 0.717) is 10.7 Å². The van der Waals surface area contributed by atoms with Crippen molar-refractivity contribution < 1.29 is 18.0 Å². The van der Waals surface area contributed by atoms with Gasteiger partial charge in [-0.2, -0.15) is 0 Å². The number of sulfonamides is 1. The quantitative estimate of drug-likeness (QED) is 0.724. The smallest absolute Gasteiger partial charge is 0.253 e. The van der Waals surface area contributed by atoms with E-state index >= 15 is 0 Å². The molecule has 156 valence electrons. The van der Waals surface area contributed by atoms with E-state index in [9.17, 15) is 18.0 Å². The van der Waals surface area contributed by atoms with E-state index in [1.807, 2.05) is 20.8 Å². The normalized spacial score (nSPS) is 11.6. The zero-order valence-electron chi connectivity index (χ0n) is 16.7. The van der Waals surface area contributed by atoms with E-state index in [1.54, 1.807) is 42.5 Å². The molecule has 2 rings (SSSR count). The zero-order valence-corrected chi connectivity index (χ0v) is 18.3. The summed E-state index contributed by atoms with van der Waals surface area (Å²) in [6, 6.07) is 12.7. The number of amides is 2. The minimum Gasteiger partial charge on any atom is -0.347 e. The number of hydrogen-bond acceptors (Lipinski definition) is 4. The topological polar surface area (TPSA) is 95.6 Å². The predicted octanol–water partition coefficient (Wildman–Crippen LogP) is 3.27. The molecule has 0 spiro atoms. The molecule has 0 bridgehead atoms. The SMILES string of the molecule is CC(C)(C)NC(=O)c1ccccc1NC(=O)CN(c1cccc(Cl)c1)S(C)(=O)=O. The molecule has 0 fully saturated rings. The Morgan fingerprint density at radius 3 is 2.31 bits per heavy atom. The predicted molar refractivity (Wildman–Crippen MR) is 116 cm³/mol. The van der Waals surface area contributed by atoms with Crippen molar-refractivity contribution in [1.29, 1.82) is 0 Å². The zero-order chi connectivity index (χ0) is 21.8. The minimum atomic E-state index is -3.74. The molecule has 2 N–H and O–H groups in total. The van der Waals surface area contributed by atoms with Crippen molar-refractivity contribution in [3.05, 3.63) is 59.1 Å². The van der Waals surface area contributed by atoms with Crippen molar-refractivity contribution in [3.63, 3.8) is 0 Å². The van der Waals surface area contributed by atoms with Crippen LogP contribution in [0, 0.1) is 0 Å². The van der Waals surface area contributed by atoms with Crippen LogP contribution in [0.1, 0.15) is 31.1 Å². The molecule has 9 heteroatoms. The first kappa shape index (κ1) is 22.7. The first-order valence-corrected chi connectivity index (χ1v) is 11.0. The molecule has 0 aliphatic carbocycles. The fraction of sp³-hybridized carbons (Fsp3) is 0.300. The second kappa shape index (κ2) is 8.84. The van der Waals surface area contributed by atoms with Crippen LogP contribution < -0.4 is 14.9 Å². The number of halogens is 1. The fourth-order valence-corrected chi connectivity index (χ4v) is 3.58. The van der Waals surface area contributed by atoms with Crippen molar-refractivity contribution in [2.75, 3.05) is 22.4 Å². The van der Waals surface area contributed by atoms with Gasteiger partial charge >= 0.3 is 0 Å². The van der Waals surface area contributed by atoms with Crippen molar-refractivity contribution >= 4 is 44.8 Å². The van der Waals surface area contributed by atoms with Crippen molar-refractivity contribution in [1.82, 2.24) is 5.32 Å². The molecule has 2 aromatic carbocycles. The summed E-state index contributed by atoms with van der Waals surface area (Å²) in [5.41, 5.74) is 0.394. The summed E-state index contributed by atoms with van der Waals surface area (Å²) in [4.78, 5) is 25.1. The number of anilines is 2. The highest BCUT2D eigenvalue weighted by atomic mass is 35.5. The maximum atomic E-state index is 12.6. The average molecular weight is 438 g/mol. The van der Waals surface area contributed by atoms with Gasteiger partial charge in [-0.15, -0.1) is 0 Å². The molecule has 0 atom stereocenters. The van der Waals surface area contributed by atoms with Gasteiger partial charge in [0.25, 0.3) is 5.91 Å². The number of hydrogen-bond donors (Lipinski definition) is 2. The third-order valence-corrected chi connectivity index (χ3v) is 5.09. The molecule has 0 heterocycles. The number of nitrogens with zero attached hydrogens (tertiary/aromatic N) is 1. The van der Waals surface area contributed by atoms with Crippen LogP contribution in [0.2, 0.25) is 5.02 Å². The van der Waals surface area contributed by atoms with Gasteiger partial charge < -0.3 is 10.6 Å². The van der Waals surface area contributed by atoms with Crippen LogP contribution in [0.25, 0.3) is 0 Å². The number of nitrogens with one attached hydrogen (secondary N) is 2. The molecule has 0 aliphatic rings. The lowest BCUT2D eigenvalue weighted by atomic mass is 10.1. The molecule has 2 aromatic rings. The number of rotatable bonds is 6. The number of carbonyl (C=O) groups excluding carboxylic acids is 2. The van der Waals surface area contributed by atoms with Gasteiger partial charge in [0, 0.05) is 10.6 Å². The van der Waals surface area contributed by atoms with Crippen molar-refractivity contribution in [2.45, 2.75) is 26.3 Å². The van der Waals surface area contributed by atoms with Crippen LogP contribution in [-0.4, -0.2) is 38.6 Å². The van der Waals surface area contributed by atoms with E-state index in [-0.39, 0.29) is 17.2 Å². The highest BCUT2D eigenvalue weighted by molar-refractivity contribution is 7.92. The molecule has 0 unspecified atom stereocenters. The third-order valence-electron chi connectivity index (χ3n) is 3.72. The lowest BCUT2D eigenvalue weighted by Gasteiger charge is -2.23.